The molecule has 0 aliphatic carbocycles. The van der Waals surface area contributed by atoms with E-state index in [1.807, 2.05) is 30.3 Å². The summed E-state index contributed by atoms with van der Waals surface area (Å²) in [6.07, 6.45) is 2.03. The molecule has 4 nitrogen and oxygen atoms in total. The fourth-order valence-corrected chi connectivity index (χ4v) is 2.81. The van der Waals surface area contributed by atoms with Gasteiger partial charge in [-0.25, -0.2) is 4.42 Å². The average Bonchev–Trinajstić information content (AvgIpc) is 2.90. The molecule has 1 N–H and O–H groups in total. The second-order valence-corrected chi connectivity index (χ2v) is 5.48. The van der Waals surface area contributed by atoms with E-state index in [2.05, 4.69) is 5.32 Å². The molecule has 1 aromatic rings. The van der Waals surface area contributed by atoms with Crippen molar-refractivity contribution in [3.8, 4) is 0 Å². The van der Waals surface area contributed by atoms with E-state index in [1.165, 1.54) is 4.42 Å². The first-order valence-corrected chi connectivity index (χ1v) is 7.19. The van der Waals surface area contributed by atoms with Gasteiger partial charge in [0.05, 0.1) is 12.1 Å². The molecule has 108 valence electrons. The van der Waals surface area contributed by atoms with E-state index >= 15 is 0 Å². The van der Waals surface area contributed by atoms with Crippen LogP contribution in [0.4, 0.5) is 0 Å². The summed E-state index contributed by atoms with van der Waals surface area (Å²) in [5, 5.41) is 2.94. The number of hydrogen-bond acceptors (Lipinski definition) is 4. The van der Waals surface area contributed by atoms with Crippen LogP contribution in [-0.4, -0.2) is 41.7 Å². The van der Waals surface area contributed by atoms with Gasteiger partial charge in [-0.15, -0.1) is 0 Å². The first-order chi connectivity index (χ1) is 9.63. The highest BCUT2D eigenvalue weighted by molar-refractivity contribution is 6.41. The molecule has 0 radical (unpaired) electrons. The van der Waals surface area contributed by atoms with Gasteiger partial charge in [0.25, 0.3) is 0 Å². The Kier molecular flexibility index (Phi) is 5.29. The third-order valence-electron chi connectivity index (χ3n) is 3.68. The Morgan fingerprint density at radius 2 is 2.10 bits per heavy atom. The van der Waals surface area contributed by atoms with E-state index in [9.17, 15) is 9.59 Å². The van der Waals surface area contributed by atoms with Crippen LogP contribution in [0.2, 0.25) is 0 Å². The SMILES string of the molecule is CN[C@@H](Cc1ccccc1)C(=O)C(=O)[C@@H]1CCCN1Cl. The average molecular weight is 295 g/mol. The molecule has 1 aromatic carbocycles. The first-order valence-electron chi connectivity index (χ1n) is 6.85. The fourth-order valence-electron chi connectivity index (χ4n) is 2.50. The van der Waals surface area contributed by atoms with E-state index in [0.29, 0.717) is 19.4 Å². The van der Waals surface area contributed by atoms with Crippen molar-refractivity contribution >= 4 is 23.3 Å². The van der Waals surface area contributed by atoms with Gasteiger partial charge in [-0.1, -0.05) is 30.3 Å². The minimum absolute atomic E-state index is 0.381. The van der Waals surface area contributed by atoms with Crippen molar-refractivity contribution in [1.82, 2.24) is 9.74 Å². The monoisotopic (exact) mass is 294 g/mol. The number of carbonyl (C=O) groups excluding carboxylic acids is 2. The van der Waals surface area contributed by atoms with Crippen LogP contribution in [0.1, 0.15) is 18.4 Å². The zero-order chi connectivity index (χ0) is 14.5. The number of nitrogens with one attached hydrogen (secondary N) is 1. The Morgan fingerprint density at radius 3 is 2.65 bits per heavy atom. The number of carbonyl (C=O) groups is 2. The minimum Gasteiger partial charge on any atom is -0.310 e. The van der Waals surface area contributed by atoms with Crippen molar-refractivity contribution < 1.29 is 9.59 Å². The van der Waals surface area contributed by atoms with E-state index in [0.717, 1.165) is 12.0 Å². The summed E-state index contributed by atoms with van der Waals surface area (Å²) >= 11 is 5.97. The number of likely N-dealkylation sites (N-methyl/N-ethyl adjacent to an activating group) is 1. The molecule has 0 unspecified atom stereocenters. The highest BCUT2D eigenvalue weighted by Crippen LogP contribution is 2.21. The highest BCUT2D eigenvalue weighted by Gasteiger charge is 2.36. The number of benzene rings is 1. The normalized spacial score (nSPS) is 20.8. The quantitative estimate of drug-likeness (QED) is 0.639. The van der Waals surface area contributed by atoms with E-state index in [-0.39, 0.29) is 11.6 Å². The van der Waals surface area contributed by atoms with Gasteiger partial charge in [0, 0.05) is 6.54 Å². The Labute approximate surface area is 124 Å². The van der Waals surface area contributed by atoms with Gasteiger partial charge in [-0.2, -0.15) is 0 Å². The molecular weight excluding hydrogens is 276 g/mol. The third kappa shape index (κ3) is 3.45. The maximum Gasteiger partial charge on any atom is 0.218 e. The second-order valence-electron chi connectivity index (χ2n) is 5.04. The van der Waals surface area contributed by atoms with Crippen LogP contribution in [0.25, 0.3) is 0 Å². The molecule has 0 saturated carbocycles. The van der Waals surface area contributed by atoms with Crippen molar-refractivity contribution in [2.45, 2.75) is 31.3 Å². The van der Waals surface area contributed by atoms with E-state index < -0.39 is 12.1 Å². The lowest BCUT2D eigenvalue weighted by Gasteiger charge is -2.19. The zero-order valence-electron chi connectivity index (χ0n) is 11.5. The molecule has 5 heteroatoms. The molecule has 2 atom stereocenters. The lowest BCUT2D eigenvalue weighted by Crippen LogP contribution is -2.46. The number of ketones is 2. The van der Waals surface area contributed by atoms with Crippen molar-refractivity contribution in [2.24, 2.45) is 0 Å². The predicted molar refractivity (Wildman–Crippen MR) is 78.6 cm³/mol. The Bertz CT molecular complexity index is 478. The summed E-state index contributed by atoms with van der Waals surface area (Å²) in [4.78, 5) is 24.5. The third-order valence-corrected chi connectivity index (χ3v) is 4.09. The van der Waals surface area contributed by atoms with Gasteiger partial charge in [0.15, 0.2) is 0 Å². The highest BCUT2D eigenvalue weighted by atomic mass is 35.5. The Hall–Kier alpha value is -1.23. The number of rotatable bonds is 6. The topological polar surface area (TPSA) is 49.4 Å². The fraction of sp³-hybridized carbons (Fsp3) is 0.467. The number of Topliss-reactive ketones (excluding diaryl/α,β-unsaturated/α-hetero) is 2. The molecule has 0 aromatic heterocycles. The summed E-state index contributed by atoms with van der Waals surface area (Å²) in [6, 6.07) is 8.72. The lowest BCUT2D eigenvalue weighted by atomic mass is 9.96. The molecule has 0 spiro atoms. The van der Waals surface area contributed by atoms with Gasteiger partial charge in [0.1, 0.15) is 0 Å². The molecule has 0 bridgehead atoms. The number of hydrogen-bond donors (Lipinski definition) is 1. The molecule has 1 saturated heterocycles. The molecular formula is C15H19ClN2O2. The van der Waals surface area contributed by atoms with Crippen LogP contribution >= 0.6 is 11.8 Å². The maximum atomic E-state index is 12.3. The van der Waals surface area contributed by atoms with Crippen LogP contribution in [0.5, 0.6) is 0 Å². The molecule has 20 heavy (non-hydrogen) atoms. The Balaban J connectivity index is 2.03. The number of nitrogens with zero attached hydrogens (tertiary/aromatic N) is 1. The summed E-state index contributed by atoms with van der Waals surface area (Å²) in [5.41, 5.74) is 1.03. The Morgan fingerprint density at radius 1 is 1.40 bits per heavy atom. The summed E-state index contributed by atoms with van der Waals surface area (Å²) < 4.78 is 1.45. The van der Waals surface area contributed by atoms with Gasteiger partial charge in [-0.3, -0.25) is 9.59 Å². The molecule has 1 fully saturated rings. The van der Waals surface area contributed by atoms with Gasteiger partial charge in [0.2, 0.25) is 11.6 Å². The molecule has 1 heterocycles. The minimum atomic E-state index is -0.490. The summed E-state index contributed by atoms with van der Waals surface area (Å²) in [7, 11) is 1.70. The van der Waals surface area contributed by atoms with Crippen molar-refractivity contribution in [2.75, 3.05) is 13.6 Å². The second kappa shape index (κ2) is 6.97. The van der Waals surface area contributed by atoms with Crippen molar-refractivity contribution in [1.29, 1.82) is 0 Å². The molecule has 0 amide bonds. The van der Waals surface area contributed by atoms with E-state index in [1.54, 1.807) is 7.05 Å². The van der Waals surface area contributed by atoms with Crippen LogP contribution in [0.15, 0.2) is 30.3 Å². The summed E-state index contributed by atoms with van der Waals surface area (Å²) in [6.45, 7) is 0.661. The summed E-state index contributed by atoms with van der Waals surface area (Å²) in [5.74, 6) is -0.762. The zero-order valence-corrected chi connectivity index (χ0v) is 12.3. The predicted octanol–water partition coefficient (Wildman–Crippen LogP) is 1.57. The van der Waals surface area contributed by atoms with Crippen LogP contribution in [-0.2, 0) is 16.0 Å². The first kappa shape index (κ1) is 15.2. The maximum absolute atomic E-state index is 12.3. The van der Waals surface area contributed by atoms with Crippen LogP contribution in [0.3, 0.4) is 0 Å². The molecule has 1 aliphatic rings. The van der Waals surface area contributed by atoms with Crippen molar-refractivity contribution in [3.63, 3.8) is 0 Å². The van der Waals surface area contributed by atoms with Crippen molar-refractivity contribution in [3.05, 3.63) is 35.9 Å². The lowest BCUT2D eigenvalue weighted by molar-refractivity contribution is -0.139. The standard InChI is InChI=1S/C15H19ClN2O2/c1-17-12(10-11-6-3-2-4-7-11)14(19)15(20)13-8-5-9-18(13)16/h2-4,6-7,12-13,17H,5,8-10H2,1H3/t12-,13-/m0/s1. The largest absolute Gasteiger partial charge is 0.310 e. The van der Waals surface area contributed by atoms with Gasteiger partial charge in [-0.05, 0) is 43.7 Å². The van der Waals surface area contributed by atoms with Crippen LogP contribution in [0, 0.1) is 0 Å². The smallest absolute Gasteiger partial charge is 0.218 e. The van der Waals surface area contributed by atoms with Gasteiger partial charge >= 0.3 is 0 Å². The van der Waals surface area contributed by atoms with E-state index in [4.69, 9.17) is 11.8 Å². The molecule has 2 rings (SSSR count). The molecule has 1 aliphatic heterocycles. The number of halogens is 1. The van der Waals surface area contributed by atoms with Gasteiger partial charge < -0.3 is 5.32 Å². The van der Waals surface area contributed by atoms with Crippen LogP contribution < -0.4 is 5.32 Å².